The van der Waals surface area contributed by atoms with Gasteiger partial charge in [0.05, 0.1) is 17.6 Å². The van der Waals surface area contributed by atoms with Gasteiger partial charge in [0.25, 0.3) is 0 Å². The quantitative estimate of drug-likeness (QED) is 0.895. The predicted octanol–water partition coefficient (Wildman–Crippen LogP) is 2.02. The molecule has 21 heavy (non-hydrogen) atoms. The second-order valence-corrected chi connectivity index (χ2v) is 7.34. The van der Waals surface area contributed by atoms with Crippen molar-refractivity contribution in [1.29, 1.82) is 0 Å². The summed E-state index contributed by atoms with van der Waals surface area (Å²) in [4.78, 5) is 0.160. The fourth-order valence-corrected chi connectivity index (χ4v) is 4.22. The number of ether oxygens (including phenoxy) is 1. The minimum absolute atomic E-state index is 0.0527. The lowest BCUT2D eigenvalue weighted by Gasteiger charge is -2.31. The number of hydrogen-bond donors (Lipinski definition) is 1. The first-order chi connectivity index (χ1) is 9.98. The normalized spacial score (nSPS) is 20.6. The Morgan fingerprint density at radius 1 is 1.48 bits per heavy atom. The number of benzene rings is 1. The molecule has 5 nitrogen and oxygen atoms in total. The molecule has 1 aromatic rings. The average Bonchev–Trinajstić information content (AvgIpc) is 2.48. The van der Waals surface area contributed by atoms with Gasteiger partial charge in [0.2, 0.25) is 10.0 Å². The molecule has 1 fully saturated rings. The van der Waals surface area contributed by atoms with E-state index in [9.17, 15) is 13.5 Å². The molecule has 7 heteroatoms. The van der Waals surface area contributed by atoms with Crippen molar-refractivity contribution < 1.29 is 18.3 Å². The number of sulfonamides is 1. The molecule has 1 saturated heterocycles. The summed E-state index contributed by atoms with van der Waals surface area (Å²) in [5.41, 5.74) is 0.413. The van der Waals surface area contributed by atoms with Gasteiger partial charge in [-0.25, -0.2) is 8.42 Å². The molecule has 1 unspecified atom stereocenters. The summed E-state index contributed by atoms with van der Waals surface area (Å²) < 4.78 is 32.3. The van der Waals surface area contributed by atoms with E-state index in [1.54, 1.807) is 0 Å². The maximum atomic E-state index is 12.7. The van der Waals surface area contributed by atoms with Gasteiger partial charge in [-0.2, -0.15) is 4.31 Å². The van der Waals surface area contributed by atoms with Crippen LogP contribution in [0.25, 0.3) is 0 Å². The van der Waals surface area contributed by atoms with E-state index in [4.69, 9.17) is 16.3 Å². The number of aliphatic hydroxyl groups excluding tert-OH is 1. The van der Waals surface area contributed by atoms with Crippen LogP contribution < -0.4 is 0 Å². The van der Waals surface area contributed by atoms with Gasteiger partial charge >= 0.3 is 0 Å². The Labute approximate surface area is 130 Å². The zero-order chi connectivity index (χ0) is 15.5. The molecule has 0 spiro atoms. The fraction of sp³-hybridized carbons (Fsp3) is 0.571. The Morgan fingerprint density at radius 2 is 2.24 bits per heavy atom. The second kappa shape index (κ2) is 7.07. The number of aliphatic hydroxyl groups is 1. The van der Waals surface area contributed by atoms with Gasteiger partial charge in [-0.15, -0.1) is 0 Å². The first-order valence-electron chi connectivity index (χ1n) is 7.00. The highest BCUT2D eigenvalue weighted by molar-refractivity contribution is 7.89. The maximum Gasteiger partial charge on any atom is 0.243 e. The minimum Gasteiger partial charge on any atom is -0.392 e. The van der Waals surface area contributed by atoms with Gasteiger partial charge in [-0.3, -0.25) is 0 Å². The molecule has 0 aromatic heterocycles. The summed E-state index contributed by atoms with van der Waals surface area (Å²) in [6.45, 7) is 3.05. The zero-order valence-electron chi connectivity index (χ0n) is 12.0. The Kier molecular flexibility index (Phi) is 5.62. The number of rotatable bonds is 5. The molecule has 1 aromatic carbocycles. The molecule has 1 heterocycles. The number of nitrogens with zero attached hydrogens (tertiary/aromatic N) is 1. The predicted molar refractivity (Wildman–Crippen MR) is 80.8 cm³/mol. The van der Waals surface area contributed by atoms with Gasteiger partial charge in [0.1, 0.15) is 0 Å². The molecular weight excluding hydrogens is 314 g/mol. The molecule has 0 bridgehead atoms. The fourth-order valence-electron chi connectivity index (χ4n) is 2.48. The van der Waals surface area contributed by atoms with Crippen LogP contribution in [0.5, 0.6) is 0 Å². The van der Waals surface area contributed by atoms with E-state index in [0.29, 0.717) is 30.3 Å². The summed E-state index contributed by atoms with van der Waals surface area (Å²) in [5, 5.41) is 9.58. The molecule has 1 N–H and O–H groups in total. The second-order valence-electron chi connectivity index (χ2n) is 4.99. The van der Waals surface area contributed by atoms with Crippen LogP contribution >= 0.6 is 11.6 Å². The summed E-state index contributed by atoms with van der Waals surface area (Å²) in [6.07, 6.45) is 1.61. The smallest absolute Gasteiger partial charge is 0.243 e. The third kappa shape index (κ3) is 3.76. The molecule has 0 aliphatic carbocycles. The molecule has 0 amide bonds. The van der Waals surface area contributed by atoms with E-state index in [0.717, 1.165) is 12.8 Å². The van der Waals surface area contributed by atoms with Crippen LogP contribution in [0.2, 0.25) is 5.02 Å². The van der Waals surface area contributed by atoms with Crippen LogP contribution in [0.15, 0.2) is 23.1 Å². The van der Waals surface area contributed by atoms with Gasteiger partial charge in [-0.1, -0.05) is 11.6 Å². The van der Waals surface area contributed by atoms with Crippen LogP contribution in [0.4, 0.5) is 0 Å². The molecular formula is C14H20ClNO4S. The molecule has 0 saturated carbocycles. The number of hydrogen-bond acceptors (Lipinski definition) is 4. The molecule has 118 valence electrons. The average molecular weight is 334 g/mol. The lowest BCUT2D eigenvalue weighted by molar-refractivity contribution is 0.0265. The van der Waals surface area contributed by atoms with E-state index >= 15 is 0 Å². The van der Waals surface area contributed by atoms with Crippen molar-refractivity contribution in [2.75, 3.05) is 19.7 Å². The summed E-state index contributed by atoms with van der Waals surface area (Å²) in [7, 11) is -3.58. The Bertz CT molecular complexity index is 589. The van der Waals surface area contributed by atoms with Crippen LogP contribution in [0.3, 0.4) is 0 Å². The highest BCUT2D eigenvalue weighted by Gasteiger charge is 2.30. The first-order valence-corrected chi connectivity index (χ1v) is 8.82. The molecule has 1 aliphatic rings. The van der Waals surface area contributed by atoms with E-state index in [2.05, 4.69) is 0 Å². The van der Waals surface area contributed by atoms with Crippen LogP contribution in [0.1, 0.15) is 25.3 Å². The van der Waals surface area contributed by atoms with Crippen LogP contribution in [-0.2, 0) is 21.4 Å². The van der Waals surface area contributed by atoms with E-state index in [-0.39, 0.29) is 17.6 Å². The summed E-state index contributed by atoms with van der Waals surface area (Å²) in [6, 6.07) is 4.41. The Hall–Kier alpha value is -0.660. The third-order valence-electron chi connectivity index (χ3n) is 3.57. The van der Waals surface area contributed by atoms with Crippen molar-refractivity contribution in [1.82, 2.24) is 4.31 Å². The summed E-state index contributed by atoms with van der Waals surface area (Å²) in [5.74, 6) is 0. The Morgan fingerprint density at radius 3 is 2.90 bits per heavy atom. The van der Waals surface area contributed by atoms with Gasteiger partial charge in [0, 0.05) is 24.7 Å². The molecule has 2 rings (SSSR count). The van der Waals surface area contributed by atoms with Crippen molar-refractivity contribution in [2.24, 2.45) is 0 Å². The van der Waals surface area contributed by atoms with Crippen LogP contribution in [0, 0.1) is 0 Å². The molecule has 1 atom stereocenters. The zero-order valence-corrected chi connectivity index (χ0v) is 13.5. The molecule has 0 radical (unpaired) electrons. The van der Waals surface area contributed by atoms with Crippen molar-refractivity contribution in [3.8, 4) is 0 Å². The van der Waals surface area contributed by atoms with Gasteiger partial charge in [0.15, 0.2) is 0 Å². The minimum atomic E-state index is -3.58. The number of piperidine rings is 1. The topological polar surface area (TPSA) is 66.8 Å². The number of halogens is 1. The SMILES string of the molecule is CCOC1CCCN(S(=O)(=O)c2ccc(Cl)c(CO)c2)C1. The van der Waals surface area contributed by atoms with Gasteiger partial charge < -0.3 is 9.84 Å². The van der Waals surface area contributed by atoms with Crippen molar-refractivity contribution in [3.05, 3.63) is 28.8 Å². The van der Waals surface area contributed by atoms with Crippen molar-refractivity contribution in [2.45, 2.75) is 37.4 Å². The Balaban J connectivity index is 2.25. The van der Waals surface area contributed by atoms with E-state index < -0.39 is 10.0 Å². The third-order valence-corrected chi connectivity index (χ3v) is 5.80. The highest BCUT2D eigenvalue weighted by Crippen LogP contribution is 2.25. The standard InChI is InChI=1S/C14H20ClNO4S/c1-2-20-12-4-3-7-16(9-12)21(18,19)13-5-6-14(15)11(8-13)10-17/h5-6,8,12,17H,2-4,7,9-10H2,1H3. The summed E-state index contributed by atoms with van der Waals surface area (Å²) >= 11 is 5.91. The highest BCUT2D eigenvalue weighted by atomic mass is 35.5. The molecule has 1 aliphatic heterocycles. The van der Waals surface area contributed by atoms with Crippen LogP contribution in [-0.4, -0.2) is 43.6 Å². The maximum absolute atomic E-state index is 12.7. The van der Waals surface area contributed by atoms with E-state index in [1.807, 2.05) is 6.92 Å². The lowest BCUT2D eigenvalue weighted by Crippen LogP contribution is -2.43. The van der Waals surface area contributed by atoms with Crippen molar-refractivity contribution in [3.63, 3.8) is 0 Å². The first kappa shape index (κ1) is 16.7. The lowest BCUT2D eigenvalue weighted by atomic mass is 10.1. The monoisotopic (exact) mass is 333 g/mol. The van der Waals surface area contributed by atoms with Gasteiger partial charge in [-0.05, 0) is 43.5 Å². The largest absolute Gasteiger partial charge is 0.392 e. The van der Waals surface area contributed by atoms with Crippen molar-refractivity contribution >= 4 is 21.6 Å². The van der Waals surface area contributed by atoms with E-state index in [1.165, 1.54) is 22.5 Å².